The van der Waals surface area contributed by atoms with Crippen LogP contribution in [0.15, 0.2) is 15.6 Å². The first-order valence-electron chi connectivity index (χ1n) is 5.37. The molecule has 0 radical (unpaired) electrons. The number of nitrogens with one attached hydrogen (secondary N) is 1. The van der Waals surface area contributed by atoms with Crippen molar-refractivity contribution < 1.29 is 4.74 Å². The van der Waals surface area contributed by atoms with Crippen LogP contribution in [-0.2, 0) is 4.74 Å². The second kappa shape index (κ2) is 3.85. The molecule has 0 spiro atoms. The normalized spacial score (nSPS) is 28.4. The van der Waals surface area contributed by atoms with E-state index in [-0.39, 0.29) is 5.56 Å². The van der Waals surface area contributed by atoms with Crippen molar-refractivity contribution in [3.8, 4) is 0 Å². The highest BCUT2D eigenvalue weighted by Gasteiger charge is 2.34. The highest BCUT2D eigenvalue weighted by molar-refractivity contribution is 9.10. The number of halogens is 1. The Morgan fingerprint density at radius 2 is 2.12 bits per heavy atom. The first-order chi connectivity index (χ1) is 7.74. The number of aromatic amines is 1. The lowest BCUT2D eigenvalue weighted by molar-refractivity contribution is 0.0301. The number of fused-ring (bicyclic) bond motifs is 2. The number of anilines is 1. The van der Waals surface area contributed by atoms with Gasteiger partial charge in [-0.15, -0.1) is 0 Å². The van der Waals surface area contributed by atoms with Gasteiger partial charge in [0.05, 0.1) is 18.5 Å². The monoisotopic (exact) mass is 285 g/mol. The standard InChI is InChI=1S/C10H12BrN3O2/c11-8-9(12-5-13-10(8)15)14-3-6-1-2-7(4-14)16-6/h5-7H,1-4H2,(H,12,13,15). The minimum atomic E-state index is -0.135. The number of nitrogens with zero attached hydrogens (tertiary/aromatic N) is 2. The zero-order chi connectivity index (χ0) is 11.1. The number of aromatic nitrogens is 2. The number of hydrogen-bond donors (Lipinski definition) is 1. The molecule has 2 fully saturated rings. The zero-order valence-electron chi connectivity index (χ0n) is 8.65. The van der Waals surface area contributed by atoms with Crippen molar-refractivity contribution in [1.82, 2.24) is 9.97 Å². The van der Waals surface area contributed by atoms with Crippen LogP contribution in [0.4, 0.5) is 5.82 Å². The lowest BCUT2D eigenvalue weighted by Crippen LogP contribution is -2.43. The van der Waals surface area contributed by atoms with Crippen molar-refractivity contribution in [3.63, 3.8) is 0 Å². The fourth-order valence-corrected chi connectivity index (χ4v) is 2.85. The van der Waals surface area contributed by atoms with Crippen LogP contribution >= 0.6 is 15.9 Å². The fourth-order valence-electron chi connectivity index (χ4n) is 2.38. The van der Waals surface area contributed by atoms with Crippen LogP contribution in [0.1, 0.15) is 12.8 Å². The van der Waals surface area contributed by atoms with E-state index in [9.17, 15) is 4.79 Å². The summed E-state index contributed by atoms with van der Waals surface area (Å²) in [6, 6.07) is 0. The molecule has 2 unspecified atom stereocenters. The molecule has 0 aliphatic carbocycles. The molecule has 1 aromatic rings. The number of hydrogen-bond acceptors (Lipinski definition) is 4. The highest BCUT2D eigenvalue weighted by atomic mass is 79.9. The summed E-state index contributed by atoms with van der Waals surface area (Å²) in [6.07, 6.45) is 4.27. The molecular weight excluding hydrogens is 274 g/mol. The van der Waals surface area contributed by atoms with Gasteiger partial charge in [0.1, 0.15) is 10.3 Å². The smallest absolute Gasteiger partial charge is 0.267 e. The van der Waals surface area contributed by atoms with Crippen LogP contribution in [-0.4, -0.2) is 35.3 Å². The lowest BCUT2D eigenvalue weighted by atomic mass is 10.2. The van der Waals surface area contributed by atoms with E-state index in [1.165, 1.54) is 6.33 Å². The van der Waals surface area contributed by atoms with Crippen LogP contribution in [0.5, 0.6) is 0 Å². The average molecular weight is 286 g/mol. The van der Waals surface area contributed by atoms with E-state index in [0.717, 1.165) is 31.7 Å². The first kappa shape index (κ1) is 10.3. The Balaban J connectivity index is 1.92. The molecule has 0 saturated carbocycles. The minimum absolute atomic E-state index is 0.135. The van der Waals surface area contributed by atoms with Gasteiger partial charge >= 0.3 is 0 Å². The van der Waals surface area contributed by atoms with Crippen molar-refractivity contribution in [2.75, 3.05) is 18.0 Å². The summed E-state index contributed by atoms with van der Waals surface area (Å²) in [4.78, 5) is 20.4. The molecule has 2 aliphatic rings. The van der Waals surface area contributed by atoms with Crippen molar-refractivity contribution in [3.05, 3.63) is 21.2 Å². The molecule has 6 heteroatoms. The van der Waals surface area contributed by atoms with Gasteiger partial charge in [-0.2, -0.15) is 0 Å². The molecule has 0 aromatic carbocycles. The van der Waals surface area contributed by atoms with Gasteiger partial charge in [-0.1, -0.05) is 0 Å². The Morgan fingerprint density at radius 3 is 2.81 bits per heavy atom. The van der Waals surface area contributed by atoms with Crippen molar-refractivity contribution >= 4 is 21.7 Å². The van der Waals surface area contributed by atoms with Crippen molar-refractivity contribution in [1.29, 1.82) is 0 Å². The van der Waals surface area contributed by atoms with Gasteiger partial charge in [-0.25, -0.2) is 4.98 Å². The summed E-state index contributed by atoms with van der Waals surface area (Å²) < 4.78 is 6.26. The maximum atomic E-state index is 11.5. The van der Waals surface area contributed by atoms with Gasteiger partial charge in [0.25, 0.3) is 5.56 Å². The largest absolute Gasteiger partial charge is 0.371 e. The van der Waals surface area contributed by atoms with Crippen molar-refractivity contribution in [2.24, 2.45) is 0 Å². The molecular formula is C10H12BrN3O2. The Hall–Kier alpha value is -0.880. The quantitative estimate of drug-likeness (QED) is 0.833. The number of ether oxygens (including phenoxy) is 1. The van der Waals surface area contributed by atoms with Crippen LogP contribution in [0.3, 0.4) is 0 Å². The average Bonchev–Trinajstić information content (AvgIpc) is 2.62. The first-order valence-corrected chi connectivity index (χ1v) is 6.17. The third kappa shape index (κ3) is 1.66. The Morgan fingerprint density at radius 1 is 1.44 bits per heavy atom. The summed E-state index contributed by atoms with van der Waals surface area (Å²) in [7, 11) is 0. The molecule has 3 heterocycles. The SMILES string of the molecule is O=c1[nH]cnc(N2CC3CCC(C2)O3)c1Br. The molecule has 2 atom stereocenters. The summed E-state index contributed by atoms with van der Waals surface area (Å²) >= 11 is 3.29. The van der Waals surface area contributed by atoms with Crippen LogP contribution < -0.4 is 10.5 Å². The summed E-state index contributed by atoms with van der Waals surface area (Å²) in [6.45, 7) is 1.65. The van der Waals surface area contributed by atoms with Crippen LogP contribution in [0.2, 0.25) is 0 Å². The van der Waals surface area contributed by atoms with Crippen molar-refractivity contribution in [2.45, 2.75) is 25.0 Å². The fraction of sp³-hybridized carbons (Fsp3) is 0.600. The van der Waals surface area contributed by atoms with E-state index in [2.05, 4.69) is 30.8 Å². The van der Waals surface area contributed by atoms with E-state index in [1.54, 1.807) is 0 Å². The number of H-pyrrole nitrogens is 1. The van der Waals surface area contributed by atoms with Gasteiger partial charge in [-0.3, -0.25) is 4.79 Å². The molecule has 0 amide bonds. The summed E-state index contributed by atoms with van der Waals surface area (Å²) in [5.41, 5.74) is -0.135. The zero-order valence-corrected chi connectivity index (χ0v) is 10.2. The third-order valence-corrected chi connectivity index (χ3v) is 3.84. The molecule has 2 saturated heterocycles. The third-order valence-electron chi connectivity index (χ3n) is 3.12. The molecule has 2 bridgehead atoms. The van der Waals surface area contributed by atoms with Gasteiger partial charge in [0, 0.05) is 13.1 Å². The topological polar surface area (TPSA) is 58.2 Å². The number of morpholine rings is 1. The van der Waals surface area contributed by atoms with Gasteiger partial charge in [0.15, 0.2) is 0 Å². The van der Waals surface area contributed by atoms with Crippen LogP contribution in [0, 0.1) is 0 Å². The summed E-state index contributed by atoms with van der Waals surface area (Å²) in [5, 5.41) is 0. The maximum Gasteiger partial charge on any atom is 0.267 e. The van der Waals surface area contributed by atoms with Crippen LogP contribution in [0.25, 0.3) is 0 Å². The van der Waals surface area contributed by atoms with E-state index >= 15 is 0 Å². The highest BCUT2D eigenvalue weighted by Crippen LogP contribution is 2.30. The predicted octanol–water partition coefficient (Wildman–Crippen LogP) is 0.900. The Bertz CT molecular complexity index is 450. The molecule has 5 nitrogen and oxygen atoms in total. The molecule has 1 aromatic heterocycles. The minimum Gasteiger partial charge on any atom is -0.371 e. The van der Waals surface area contributed by atoms with Gasteiger partial charge < -0.3 is 14.6 Å². The maximum absolute atomic E-state index is 11.5. The Kier molecular flexibility index (Phi) is 2.48. The van der Waals surface area contributed by atoms with E-state index in [0.29, 0.717) is 16.7 Å². The lowest BCUT2D eigenvalue weighted by Gasteiger charge is -2.33. The summed E-state index contributed by atoms with van der Waals surface area (Å²) in [5.74, 6) is 0.726. The molecule has 1 N–H and O–H groups in total. The number of rotatable bonds is 1. The van der Waals surface area contributed by atoms with Gasteiger partial charge in [-0.05, 0) is 28.8 Å². The molecule has 2 aliphatic heterocycles. The molecule has 86 valence electrons. The predicted molar refractivity (Wildman–Crippen MR) is 62.7 cm³/mol. The second-order valence-corrected chi connectivity index (χ2v) is 5.02. The molecule has 16 heavy (non-hydrogen) atoms. The molecule has 3 rings (SSSR count). The van der Waals surface area contributed by atoms with Gasteiger partial charge in [0.2, 0.25) is 0 Å². The van der Waals surface area contributed by atoms with E-state index in [1.807, 2.05) is 0 Å². The second-order valence-electron chi connectivity index (χ2n) is 4.23. The Labute approximate surface area is 101 Å². The van der Waals surface area contributed by atoms with E-state index in [4.69, 9.17) is 4.74 Å². The van der Waals surface area contributed by atoms with E-state index < -0.39 is 0 Å².